The minimum absolute atomic E-state index is 0.172. The summed E-state index contributed by atoms with van der Waals surface area (Å²) >= 11 is 3.46. The Hall–Kier alpha value is -0.640. The molecule has 0 aliphatic carbocycles. The predicted octanol–water partition coefficient (Wildman–Crippen LogP) is 4.15. The lowest BCUT2D eigenvalue weighted by Crippen LogP contribution is -2.08. The minimum atomic E-state index is -0.331. The Balaban J connectivity index is 4.58. The van der Waals surface area contributed by atoms with E-state index in [0.29, 0.717) is 24.8 Å². The number of allylic oxidation sites excluding steroid dienone is 1. The van der Waals surface area contributed by atoms with Crippen molar-refractivity contribution in [1.82, 2.24) is 0 Å². The molecule has 0 aliphatic heterocycles. The van der Waals surface area contributed by atoms with Crippen LogP contribution in [0.25, 0.3) is 0 Å². The third kappa shape index (κ3) is 6.94. The van der Waals surface area contributed by atoms with Crippen molar-refractivity contribution in [2.24, 2.45) is 0 Å². The van der Waals surface area contributed by atoms with E-state index in [1.54, 1.807) is 0 Å². The SMILES string of the molecule is CCCCC/C(Br)=C(\CCC(=O)CC)C(=O)OC. The van der Waals surface area contributed by atoms with E-state index in [-0.39, 0.29) is 11.8 Å². The van der Waals surface area contributed by atoms with Crippen molar-refractivity contribution in [2.75, 3.05) is 7.11 Å². The minimum Gasteiger partial charge on any atom is -0.466 e. The number of hydrogen-bond donors (Lipinski definition) is 0. The summed E-state index contributed by atoms with van der Waals surface area (Å²) in [5.74, 6) is -0.160. The first-order valence-corrected chi connectivity index (χ1v) is 7.33. The van der Waals surface area contributed by atoms with E-state index in [4.69, 9.17) is 4.74 Å². The molecule has 0 saturated carbocycles. The van der Waals surface area contributed by atoms with E-state index in [1.165, 1.54) is 7.11 Å². The molecule has 0 aromatic carbocycles. The zero-order valence-corrected chi connectivity index (χ0v) is 13.1. The Morgan fingerprint density at radius 2 is 1.72 bits per heavy atom. The molecule has 0 amide bonds. The second-order valence-electron chi connectivity index (χ2n) is 4.22. The van der Waals surface area contributed by atoms with Gasteiger partial charge in [0.25, 0.3) is 0 Å². The van der Waals surface area contributed by atoms with Crippen molar-refractivity contribution in [3.63, 3.8) is 0 Å². The molecule has 0 fully saturated rings. The highest BCUT2D eigenvalue weighted by Crippen LogP contribution is 2.24. The van der Waals surface area contributed by atoms with Gasteiger partial charge in [-0.1, -0.05) is 42.6 Å². The van der Waals surface area contributed by atoms with Gasteiger partial charge in [0.15, 0.2) is 0 Å². The molecule has 0 N–H and O–H groups in total. The van der Waals surface area contributed by atoms with Gasteiger partial charge in [0.2, 0.25) is 0 Å². The number of hydrogen-bond acceptors (Lipinski definition) is 3. The van der Waals surface area contributed by atoms with Crippen LogP contribution in [-0.2, 0) is 14.3 Å². The largest absolute Gasteiger partial charge is 0.466 e. The van der Waals surface area contributed by atoms with Crippen molar-refractivity contribution < 1.29 is 14.3 Å². The van der Waals surface area contributed by atoms with Crippen molar-refractivity contribution in [3.8, 4) is 0 Å². The van der Waals surface area contributed by atoms with E-state index in [2.05, 4.69) is 22.9 Å². The summed E-state index contributed by atoms with van der Waals surface area (Å²) in [6.07, 6.45) is 5.54. The van der Waals surface area contributed by atoms with Gasteiger partial charge in [0.05, 0.1) is 7.11 Å². The molecule has 0 aromatic rings. The number of carbonyl (C=O) groups excluding carboxylic acids is 2. The molecule has 0 saturated heterocycles. The summed E-state index contributed by atoms with van der Waals surface area (Å²) in [6.45, 7) is 3.97. The molecule has 0 aliphatic rings. The van der Waals surface area contributed by atoms with Crippen LogP contribution in [0.5, 0.6) is 0 Å². The Labute approximate surface area is 118 Å². The van der Waals surface area contributed by atoms with Gasteiger partial charge in [-0.15, -0.1) is 0 Å². The fourth-order valence-corrected chi connectivity index (χ4v) is 2.23. The van der Waals surface area contributed by atoms with Gasteiger partial charge in [-0.2, -0.15) is 0 Å². The normalized spacial score (nSPS) is 12.0. The van der Waals surface area contributed by atoms with Gasteiger partial charge in [0.1, 0.15) is 5.78 Å². The number of esters is 1. The second kappa shape index (κ2) is 10.3. The van der Waals surface area contributed by atoms with Crippen molar-refractivity contribution in [1.29, 1.82) is 0 Å². The van der Waals surface area contributed by atoms with Crippen molar-refractivity contribution >= 4 is 27.7 Å². The number of halogens is 1. The number of Topliss-reactive ketones (excluding diaryl/α,β-unsaturated/α-hetero) is 1. The smallest absolute Gasteiger partial charge is 0.334 e. The zero-order valence-electron chi connectivity index (χ0n) is 11.6. The summed E-state index contributed by atoms with van der Waals surface area (Å²) < 4.78 is 5.65. The second-order valence-corrected chi connectivity index (χ2v) is 5.18. The van der Waals surface area contributed by atoms with Crippen molar-refractivity contribution in [3.05, 3.63) is 10.1 Å². The lowest BCUT2D eigenvalue weighted by molar-refractivity contribution is -0.136. The van der Waals surface area contributed by atoms with Crippen LogP contribution in [0, 0.1) is 0 Å². The molecule has 0 spiro atoms. The topological polar surface area (TPSA) is 43.4 Å². The molecule has 18 heavy (non-hydrogen) atoms. The van der Waals surface area contributed by atoms with Crippen LogP contribution in [0.2, 0.25) is 0 Å². The monoisotopic (exact) mass is 318 g/mol. The molecule has 0 atom stereocenters. The van der Waals surface area contributed by atoms with Crippen LogP contribution in [0.3, 0.4) is 0 Å². The molecule has 3 nitrogen and oxygen atoms in total. The van der Waals surface area contributed by atoms with Crippen LogP contribution >= 0.6 is 15.9 Å². The van der Waals surface area contributed by atoms with Crippen LogP contribution in [-0.4, -0.2) is 18.9 Å². The third-order valence-corrected chi connectivity index (χ3v) is 3.68. The van der Waals surface area contributed by atoms with Gasteiger partial charge in [-0.3, -0.25) is 4.79 Å². The number of ketones is 1. The summed E-state index contributed by atoms with van der Waals surface area (Å²) in [4.78, 5) is 23.0. The summed E-state index contributed by atoms with van der Waals surface area (Å²) in [5, 5.41) is 0. The molecule has 4 heteroatoms. The Kier molecular flexibility index (Phi) is 9.93. The van der Waals surface area contributed by atoms with E-state index in [1.807, 2.05) is 6.92 Å². The highest BCUT2D eigenvalue weighted by atomic mass is 79.9. The van der Waals surface area contributed by atoms with Crippen molar-refractivity contribution in [2.45, 2.75) is 58.8 Å². The average Bonchev–Trinajstić information content (AvgIpc) is 2.38. The fourth-order valence-electron chi connectivity index (χ4n) is 1.59. The van der Waals surface area contributed by atoms with Gasteiger partial charge in [-0.25, -0.2) is 4.79 Å². The molecule has 0 unspecified atom stereocenters. The van der Waals surface area contributed by atoms with Gasteiger partial charge < -0.3 is 4.74 Å². The van der Waals surface area contributed by atoms with Crippen LogP contribution in [0.4, 0.5) is 0 Å². The summed E-state index contributed by atoms with van der Waals surface area (Å²) in [7, 11) is 1.37. The first kappa shape index (κ1) is 17.4. The van der Waals surface area contributed by atoms with E-state index < -0.39 is 0 Å². The Morgan fingerprint density at radius 3 is 2.22 bits per heavy atom. The number of methoxy groups -OCH3 is 1. The maximum absolute atomic E-state index is 11.7. The highest BCUT2D eigenvalue weighted by Gasteiger charge is 2.15. The molecule has 0 rings (SSSR count). The Bertz CT molecular complexity index is 308. The quantitative estimate of drug-likeness (QED) is 0.364. The number of unbranched alkanes of at least 4 members (excludes halogenated alkanes) is 2. The average molecular weight is 319 g/mol. The molecular weight excluding hydrogens is 296 g/mol. The van der Waals surface area contributed by atoms with E-state index in [0.717, 1.165) is 30.2 Å². The van der Waals surface area contributed by atoms with Crippen LogP contribution < -0.4 is 0 Å². The first-order chi connectivity index (χ1) is 8.56. The zero-order chi connectivity index (χ0) is 14.0. The maximum Gasteiger partial charge on any atom is 0.334 e. The maximum atomic E-state index is 11.7. The lowest BCUT2D eigenvalue weighted by Gasteiger charge is -2.08. The summed E-state index contributed by atoms with van der Waals surface area (Å²) in [5.41, 5.74) is 0.607. The highest BCUT2D eigenvalue weighted by molar-refractivity contribution is 9.11. The van der Waals surface area contributed by atoms with Crippen LogP contribution in [0.15, 0.2) is 10.1 Å². The van der Waals surface area contributed by atoms with E-state index >= 15 is 0 Å². The van der Waals surface area contributed by atoms with Gasteiger partial charge in [-0.05, 0) is 19.3 Å². The number of carbonyl (C=O) groups is 2. The number of ether oxygens (including phenoxy) is 1. The molecule has 0 radical (unpaired) electrons. The lowest BCUT2D eigenvalue weighted by atomic mass is 10.0. The fraction of sp³-hybridized carbons (Fsp3) is 0.714. The number of rotatable bonds is 9. The van der Waals surface area contributed by atoms with E-state index in [9.17, 15) is 9.59 Å². The molecule has 104 valence electrons. The predicted molar refractivity (Wildman–Crippen MR) is 76.6 cm³/mol. The Morgan fingerprint density at radius 1 is 1.06 bits per heavy atom. The standard InChI is InChI=1S/C14H23BrO3/c1-4-6-7-8-13(15)12(14(17)18-3)10-9-11(16)5-2/h4-10H2,1-3H3/b13-12-. The molecule has 0 aromatic heterocycles. The third-order valence-electron chi connectivity index (χ3n) is 2.81. The molecular formula is C14H23BrO3. The molecule has 0 heterocycles. The van der Waals surface area contributed by atoms with Crippen LogP contribution in [0.1, 0.15) is 58.8 Å². The van der Waals surface area contributed by atoms with Gasteiger partial charge in [0, 0.05) is 22.9 Å². The molecule has 0 bridgehead atoms. The summed E-state index contributed by atoms with van der Waals surface area (Å²) in [6, 6.07) is 0. The first-order valence-electron chi connectivity index (χ1n) is 6.54. The van der Waals surface area contributed by atoms with Gasteiger partial charge >= 0.3 is 5.97 Å².